The monoisotopic (exact) mass is 325 g/mol. The van der Waals surface area contributed by atoms with Gasteiger partial charge >= 0.3 is 0 Å². The van der Waals surface area contributed by atoms with Gasteiger partial charge in [-0.2, -0.15) is 9.40 Å². The minimum Gasteiger partial charge on any atom is -0.352 e. The maximum atomic E-state index is 13.7. The molecule has 0 unspecified atom stereocenters. The fourth-order valence-corrected chi connectivity index (χ4v) is 3.84. The number of hydrogen-bond acceptors (Lipinski definition) is 5. The first-order chi connectivity index (χ1) is 10.5. The second-order valence-electron chi connectivity index (χ2n) is 5.05. The Morgan fingerprint density at radius 2 is 1.95 bits per heavy atom. The first-order valence-electron chi connectivity index (χ1n) is 6.83. The Balaban J connectivity index is 1.73. The molecule has 0 radical (unpaired) electrons. The maximum Gasteiger partial charge on any atom is 0.246 e. The summed E-state index contributed by atoms with van der Waals surface area (Å²) < 4.78 is 41.5. The first-order valence-corrected chi connectivity index (χ1v) is 8.27. The number of hydrogen-bond donors (Lipinski definition) is 0. The number of anilines is 1. The summed E-state index contributed by atoms with van der Waals surface area (Å²) in [6.45, 7) is 1.36. The minimum absolute atomic E-state index is 0.174. The Labute approximate surface area is 128 Å². The van der Waals surface area contributed by atoms with E-state index in [0.717, 1.165) is 0 Å². The van der Waals surface area contributed by atoms with E-state index in [2.05, 4.69) is 10.1 Å². The molecule has 0 saturated carbocycles. The van der Waals surface area contributed by atoms with E-state index < -0.39 is 15.8 Å². The van der Waals surface area contributed by atoms with Gasteiger partial charge in [-0.3, -0.25) is 4.68 Å². The lowest BCUT2D eigenvalue weighted by molar-refractivity contribution is 0.381. The summed E-state index contributed by atoms with van der Waals surface area (Å²) in [7, 11) is -1.88. The summed E-state index contributed by atoms with van der Waals surface area (Å²) in [6, 6.07) is 2.88. The van der Waals surface area contributed by atoms with Gasteiger partial charge in [0, 0.05) is 45.6 Å². The summed E-state index contributed by atoms with van der Waals surface area (Å²) in [6.07, 6.45) is 4.33. The fourth-order valence-electron chi connectivity index (χ4n) is 2.43. The third-order valence-electron chi connectivity index (χ3n) is 3.60. The molecule has 1 fully saturated rings. The van der Waals surface area contributed by atoms with E-state index >= 15 is 0 Å². The Hall–Kier alpha value is -2.00. The lowest BCUT2D eigenvalue weighted by atomic mass is 10.3. The zero-order valence-electron chi connectivity index (χ0n) is 12.1. The lowest BCUT2D eigenvalue weighted by Crippen LogP contribution is -2.49. The zero-order chi connectivity index (χ0) is 15.7. The number of nitrogens with zero attached hydrogens (tertiary/aromatic N) is 5. The van der Waals surface area contributed by atoms with Crippen LogP contribution in [0.25, 0.3) is 0 Å². The molecular weight excluding hydrogens is 309 g/mol. The van der Waals surface area contributed by atoms with E-state index in [0.29, 0.717) is 13.1 Å². The van der Waals surface area contributed by atoms with Crippen LogP contribution in [-0.2, 0) is 17.1 Å². The highest BCUT2D eigenvalue weighted by Gasteiger charge is 2.30. The van der Waals surface area contributed by atoms with Crippen molar-refractivity contribution in [2.75, 3.05) is 31.1 Å². The number of pyridine rings is 1. The molecule has 1 aliphatic heterocycles. The van der Waals surface area contributed by atoms with Crippen LogP contribution in [-0.4, -0.2) is 53.7 Å². The third-order valence-corrected chi connectivity index (χ3v) is 5.45. The van der Waals surface area contributed by atoms with Gasteiger partial charge in [-0.15, -0.1) is 0 Å². The zero-order valence-corrected chi connectivity index (χ0v) is 12.9. The summed E-state index contributed by atoms with van der Waals surface area (Å²) >= 11 is 0. The van der Waals surface area contributed by atoms with E-state index in [4.69, 9.17) is 0 Å². The molecule has 0 N–H and O–H groups in total. The van der Waals surface area contributed by atoms with Gasteiger partial charge in [-0.25, -0.2) is 17.8 Å². The van der Waals surface area contributed by atoms with E-state index in [1.807, 2.05) is 0 Å². The van der Waals surface area contributed by atoms with Crippen molar-refractivity contribution in [1.29, 1.82) is 0 Å². The molecule has 22 heavy (non-hydrogen) atoms. The average molecular weight is 325 g/mol. The van der Waals surface area contributed by atoms with E-state index in [-0.39, 0.29) is 23.8 Å². The van der Waals surface area contributed by atoms with Crippen LogP contribution in [0.4, 0.5) is 10.2 Å². The molecular formula is C13H16FN5O2S. The molecule has 3 heterocycles. The number of sulfonamides is 1. The van der Waals surface area contributed by atoms with Crippen LogP contribution in [0.1, 0.15) is 0 Å². The molecule has 118 valence electrons. The van der Waals surface area contributed by atoms with E-state index in [9.17, 15) is 12.8 Å². The van der Waals surface area contributed by atoms with Gasteiger partial charge in [0.05, 0.1) is 6.20 Å². The van der Waals surface area contributed by atoms with Gasteiger partial charge in [-0.05, 0) is 12.1 Å². The fraction of sp³-hybridized carbons (Fsp3) is 0.385. The number of aryl methyl sites for hydroxylation is 1. The van der Waals surface area contributed by atoms with Crippen LogP contribution < -0.4 is 4.90 Å². The minimum atomic E-state index is -3.55. The number of rotatable bonds is 3. The van der Waals surface area contributed by atoms with Crippen molar-refractivity contribution in [3.63, 3.8) is 0 Å². The normalized spacial score (nSPS) is 16.9. The molecule has 0 bridgehead atoms. The predicted molar refractivity (Wildman–Crippen MR) is 78.4 cm³/mol. The summed E-state index contributed by atoms with van der Waals surface area (Å²) in [4.78, 5) is 5.95. The van der Waals surface area contributed by atoms with Crippen molar-refractivity contribution in [2.24, 2.45) is 7.05 Å². The quantitative estimate of drug-likeness (QED) is 0.820. The number of aromatic nitrogens is 3. The van der Waals surface area contributed by atoms with Crippen LogP contribution in [0.3, 0.4) is 0 Å². The smallest absolute Gasteiger partial charge is 0.246 e. The van der Waals surface area contributed by atoms with Crippen LogP contribution in [0.5, 0.6) is 0 Å². The van der Waals surface area contributed by atoms with Crippen LogP contribution in [0, 0.1) is 5.82 Å². The Morgan fingerprint density at radius 3 is 2.55 bits per heavy atom. The SMILES string of the molecule is Cn1cc(S(=O)(=O)N2CCN(c3ncccc3F)CC2)cn1. The van der Waals surface area contributed by atoms with Crippen molar-refractivity contribution < 1.29 is 12.8 Å². The van der Waals surface area contributed by atoms with Gasteiger partial charge in [0.1, 0.15) is 4.90 Å². The maximum absolute atomic E-state index is 13.7. The van der Waals surface area contributed by atoms with Crippen LogP contribution >= 0.6 is 0 Å². The molecule has 2 aromatic heterocycles. The van der Waals surface area contributed by atoms with Gasteiger partial charge in [0.15, 0.2) is 11.6 Å². The standard InChI is InChI=1S/C13H16FN5O2S/c1-17-10-11(9-16-17)22(20,21)19-7-5-18(6-8-19)13-12(14)3-2-4-15-13/h2-4,9-10H,5-8H2,1H3. The molecule has 0 aromatic carbocycles. The number of halogens is 1. The molecule has 1 aliphatic rings. The third kappa shape index (κ3) is 2.69. The Kier molecular flexibility index (Phi) is 3.83. The Bertz CT molecular complexity index is 768. The molecule has 3 rings (SSSR count). The van der Waals surface area contributed by atoms with Gasteiger partial charge in [0.2, 0.25) is 10.0 Å². The highest BCUT2D eigenvalue weighted by atomic mass is 32.2. The largest absolute Gasteiger partial charge is 0.352 e. The molecule has 9 heteroatoms. The molecule has 7 nitrogen and oxygen atoms in total. The van der Waals surface area contributed by atoms with Crippen LogP contribution in [0.15, 0.2) is 35.6 Å². The molecule has 0 aliphatic carbocycles. The van der Waals surface area contributed by atoms with Crippen molar-refractivity contribution in [3.05, 3.63) is 36.5 Å². The second kappa shape index (κ2) is 5.65. The molecule has 1 saturated heterocycles. The first kappa shape index (κ1) is 14.9. The number of piperazine rings is 1. The van der Waals surface area contributed by atoms with Gasteiger partial charge in [-0.1, -0.05) is 0 Å². The highest BCUT2D eigenvalue weighted by molar-refractivity contribution is 7.89. The highest BCUT2D eigenvalue weighted by Crippen LogP contribution is 2.21. The van der Waals surface area contributed by atoms with Crippen molar-refractivity contribution in [1.82, 2.24) is 19.1 Å². The van der Waals surface area contributed by atoms with Crippen molar-refractivity contribution >= 4 is 15.8 Å². The molecule has 0 spiro atoms. The topological polar surface area (TPSA) is 71.3 Å². The van der Waals surface area contributed by atoms with Crippen LogP contribution in [0.2, 0.25) is 0 Å². The average Bonchev–Trinajstić information content (AvgIpc) is 2.95. The predicted octanol–water partition coefficient (Wildman–Crippen LogP) is 0.465. The molecule has 0 amide bonds. The Morgan fingerprint density at radius 1 is 1.23 bits per heavy atom. The summed E-state index contributed by atoms with van der Waals surface area (Å²) in [5.74, 6) is -0.132. The van der Waals surface area contributed by atoms with Gasteiger partial charge in [0.25, 0.3) is 0 Å². The van der Waals surface area contributed by atoms with Crippen molar-refractivity contribution in [3.8, 4) is 0 Å². The molecule has 2 aromatic rings. The second-order valence-corrected chi connectivity index (χ2v) is 6.99. The van der Waals surface area contributed by atoms with Crippen molar-refractivity contribution in [2.45, 2.75) is 4.90 Å². The van der Waals surface area contributed by atoms with Gasteiger partial charge < -0.3 is 4.90 Å². The van der Waals surface area contributed by atoms with E-state index in [1.54, 1.807) is 11.9 Å². The summed E-state index contributed by atoms with van der Waals surface area (Å²) in [5, 5.41) is 3.89. The molecule has 0 atom stereocenters. The summed E-state index contributed by atoms with van der Waals surface area (Å²) in [5.41, 5.74) is 0. The lowest BCUT2D eigenvalue weighted by Gasteiger charge is -2.34. The van der Waals surface area contributed by atoms with E-state index in [1.165, 1.54) is 39.7 Å².